The van der Waals surface area contributed by atoms with Crippen molar-refractivity contribution in [1.82, 2.24) is 9.80 Å². The molecule has 1 aromatic heterocycles. The Morgan fingerprint density at radius 3 is 2.50 bits per heavy atom. The highest BCUT2D eigenvalue weighted by Crippen LogP contribution is 2.52. The van der Waals surface area contributed by atoms with E-state index in [1.54, 1.807) is 41.1 Å². The third kappa shape index (κ3) is 2.75. The molecule has 0 saturated carbocycles. The van der Waals surface area contributed by atoms with Gasteiger partial charge in [-0.1, -0.05) is 30.3 Å². The second kappa shape index (κ2) is 7.78. The third-order valence-corrected chi connectivity index (χ3v) is 7.23. The topological polar surface area (TPSA) is 83.3 Å². The molecule has 1 saturated heterocycles. The number of morpholine rings is 1. The van der Waals surface area contributed by atoms with Crippen molar-refractivity contribution in [2.24, 2.45) is 0 Å². The molecule has 0 N–H and O–H groups in total. The zero-order chi connectivity index (χ0) is 23.4. The summed E-state index contributed by atoms with van der Waals surface area (Å²) < 4.78 is 11.4. The van der Waals surface area contributed by atoms with Gasteiger partial charge < -0.3 is 19.0 Å². The van der Waals surface area contributed by atoms with Crippen molar-refractivity contribution < 1.29 is 18.7 Å². The van der Waals surface area contributed by atoms with Crippen LogP contribution in [0, 0.1) is 0 Å². The largest absolute Gasteiger partial charge is 0.450 e. The lowest BCUT2D eigenvalue weighted by atomic mass is 9.84. The van der Waals surface area contributed by atoms with Crippen molar-refractivity contribution in [3.05, 3.63) is 75.6 Å². The lowest BCUT2D eigenvalue weighted by Gasteiger charge is -2.35. The SMILES string of the molecule is CN1C(=O)[C@]2(c3ccccc31)c1c(oc3ccccc3c1=O)C(=O)N2CCCN1CCOCC1. The molecule has 34 heavy (non-hydrogen) atoms. The van der Waals surface area contributed by atoms with Gasteiger partial charge in [0.05, 0.1) is 24.2 Å². The van der Waals surface area contributed by atoms with E-state index in [9.17, 15) is 14.4 Å². The minimum absolute atomic E-state index is 0.0338. The van der Waals surface area contributed by atoms with E-state index in [-0.39, 0.29) is 22.7 Å². The molecule has 6 rings (SSSR count). The minimum atomic E-state index is -1.52. The second-order valence-corrected chi connectivity index (χ2v) is 8.99. The molecule has 0 bridgehead atoms. The van der Waals surface area contributed by atoms with Crippen molar-refractivity contribution in [1.29, 1.82) is 0 Å². The molecule has 174 valence electrons. The Hall–Kier alpha value is -3.49. The second-order valence-electron chi connectivity index (χ2n) is 8.99. The number of fused-ring (bicyclic) bond motifs is 5. The van der Waals surface area contributed by atoms with Gasteiger partial charge in [0, 0.05) is 44.5 Å². The van der Waals surface area contributed by atoms with Gasteiger partial charge >= 0.3 is 0 Å². The fourth-order valence-corrected chi connectivity index (χ4v) is 5.62. The average Bonchev–Trinajstić information content (AvgIpc) is 3.25. The van der Waals surface area contributed by atoms with Gasteiger partial charge in [-0.2, -0.15) is 0 Å². The third-order valence-electron chi connectivity index (χ3n) is 7.23. The van der Waals surface area contributed by atoms with Crippen LogP contribution in [0.2, 0.25) is 0 Å². The summed E-state index contributed by atoms with van der Waals surface area (Å²) in [5, 5.41) is 0.364. The van der Waals surface area contributed by atoms with Gasteiger partial charge in [-0.05, 0) is 24.6 Å². The van der Waals surface area contributed by atoms with Crippen molar-refractivity contribution in [3.8, 4) is 0 Å². The summed E-state index contributed by atoms with van der Waals surface area (Å²) in [7, 11) is 1.69. The van der Waals surface area contributed by atoms with E-state index in [0.717, 1.165) is 19.6 Å². The number of rotatable bonds is 4. The van der Waals surface area contributed by atoms with Gasteiger partial charge in [-0.3, -0.25) is 19.3 Å². The molecule has 1 atom stereocenters. The van der Waals surface area contributed by atoms with Gasteiger partial charge in [-0.25, -0.2) is 0 Å². The Morgan fingerprint density at radius 2 is 1.68 bits per heavy atom. The van der Waals surface area contributed by atoms with Crippen LogP contribution in [0.5, 0.6) is 0 Å². The molecule has 0 aliphatic carbocycles. The van der Waals surface area contributed by atoms with Gasteiger partial charge in [0.25, 0.3) is 11.8 Å². The molecule has 0 radical (unpaired) electrons. The molecule has 4 heterocycles. The Balaban J connectivity index is 1.52. The fourth-order valence-electron chi connectivity index (χ4n) is 5.62. The van der Waals surface area contributed by atoms with E-state index in [0.29, 0.717) is 48.4 Å². The number of para-hydroxylation sites is 2. The van der Waals surface area contributed by atoms with Crippen LogP contribution in [0.1, 0.15) is 28.1 Å². The maximum atomic E-state index is 14.0. The number of nitrogens with zero attached hydrogens (tertiary/aromatic N) is 3. The number of hydrogen-bond acceptors (Lipinski definition) is 6. The average molecular weight is 460 g/mol. The zero-order valence-electron chi connectivity index (χ0n) is 19.0. The number of carbonyl (C=O) groups is 2. The summed E-state index contributed by atoms with van der Waals surface area (Å²) in [6.07, 6.45) is 0.661. The summed E-state index contributed by atoms with van der Waals surface area (Å²) in [6.45, 7) is 4.17. The predicted molar refractivity (Wildman–Crippen MR) is 126 cm³/mol. The van der Waals surface area contributed by atoms with E-state index in [1.165, 1.54) is 0 Å². The Bertz CT molecular complexity index is 1380. The fraction of sp³-hybridized carbons (Fsp3) is 0.346. The highest BCUT2D eigenvalue weighted by atomic mass is 16.5. The number of anilines is 1. The number of amides is 2. The van der Waals surface area contributed by atoms with Gasteiger partial charge in [0.1, 0.15) is 5.58 Å². The molecular formula is C26H25N3O5. The summed E-state index contributed by atoms with van der Waals surface area (Å²) in [6, 6.07) is 14.2. The number of benzene rings is 2. The molecule has 3 aromatic rings. The predicted octanol–water partition coefficient (Wildman–Crippen LogP) is 2.19. The molecule has 8 heteroatoms. The smallest absolute Gasteiger partial charge is 0.291 e. The Labute approximate surface area is 196 Å². The van der Waals surface area contributed by atoms with E-state index in [4.69, 9.17) is 9.15 Å². The Morgan fingerprint density at radius 1 is 0.941 bits per heavy atom. The number of carbonyl (C=O) groups excluding carboxylic acids is 2. The summed E-state index contributed by atoms with van der Waals surface area (Å²) in [5.41, 5.74) is -0.0453. The van der Waals surface area contributed by atoms with E-state index in [2.05, 4.69) is 4.90 Å². The van der Waals surface area contributed by atoms with Crippen LogP contribution in [0.25, 0.3) is 11.0 Å². The van der Waals surface area contributed by atoms with E-state index in [1.807, 2.05) is 24.3 Å². The first-order chi connectivity index (χ1) is 16.5. The summed E-state index contributed by atoms with van der Waals surface area (Å²) in [5.74, 6) is -0.762. The highest BCUT2D eigenvalue weighted by Gasteiger charge is 2.64. The molecular weight excluding hydrogens is 434 g/mol. The van der Waals surface area contributed by atoms with Gasteiger partial charge in [0.15, 0.2) is 11.0 Å². The van der Waals surface area contributed by atoms with E-state index < -0.39 is 11.4 Å². The van der Waals surface area contributed by atoms with Crippen molar-refractivity contribution >= 4 is 28.5 Å². The number of likely N-dealkylation sites (N-methyl/N-ethyl adjacent to an activating group) is 1. The maximum Gasteiger partial charge on any atom is 0.291 e. The number of ether oxygens (including phenoxy) is 1. The normalized spacial score (nSPS) is 22.1. The lowest BCUT2D eigenvalue weighted by Crippen LogP contribution is -2.53. The van der Waals surface area contributed by atoms with Crippen molar-refractivity contribution in [2.75, 3.05) is 51.3 Å². The monoisotopic (exact) mass is 459 g/mol. The molecule has 1 spiro atoms. The summed E-state index contributed by atoms with van der Waals surface area (Å²) in [4.78, 5) is 47.0. The number of hydrogen-bond donors (Lipinski definition) is 0. The van der Waals surface area contributed by atoms with E-state index >= 15 is 0 Å². The molecule has 3 aliphatic heterocycles. The first-order valence-corrected chi connectivity index (χ1v) is 11.6. The zero-order valence-corrected chi connectivity index (χ0v) is 19.0. The molecule has 2 amide bonds. The maximum absolute atomic E-state index is 14.0. The molecule has 3 aliphatic rings. The first-order valence-electron chi connectivity index (χ1n) is 11.6. The lowest BCUT2D eigenvalue weighted by molar-refractivity contribution is -0.125. The van der Waals surface area contributed by atoms with Crippen LogP contribution >= 0.6 is 0 Å². The minimum Gasteiger partial charge on any atom is -0.450 e. The first kappa shape index (κ1) is 21.1. The van der Waals surface area contributed by atoms with Crippen LogP contribution in [0.15, 0.2) is 57.7 Å². The van der Waals surface area contributed by atoms with Crippen LogP contribution in [-0.4, -0.2) is 68.1 Å². The van der Waals surface area contributed by atoms with Crippen LogP contribution in [0.4, 0.5) is 5.69 Å². The summed E-state index contributed by atoms with van der Waals surface area (Å²) >= 11 is 0. The van der Waals surface area contributed by atoms with Crippen molar-refractivity contribution in [3.63, 3.8) is 0 Å². The van der Waals surface area contributed by atoms with Crippen LogP contribution in [0.3, 0.4) is 0 Å². The van der Waals surface area contributed by atoms with Gasteiger partial charge in [0.2, 0.25) is 5.76 Å². The van der Waals surface area contributed by atoms with Crippen LogP contribution in [-0.2, 0) is 15.1 Å². The van der Waals surface area contributed by atoms with Crippen LogP contribution < -0.4 is 10.3 Å². The molecule has 2 aromatic carbocycles. The quantitative estimate of drug-likeness (QED) is 0.595. The molecule has 1 fully saturated rings. The highest BCUT2D eigenvalue weighted by molar-refractivity contribution is 6.16. The molecule has 8 nitrogen and oxygen atoms in total. The van der Waals surface area contributed by atoms with Gasteiger partial charge in [-0.15, -0.1) is 0 Å². The molecule has 0 unspecified atom stereocenters. The Kier molecular flexibility index (Phi) is 4.82. The standard InChI is InChI=1S/C26H25N3O5/c1-27-19-9-4-3-8-18(19)26(25(27)32)21-22(30)17-7-2-5-10-20(17)34-23(21)24(31)29(26)12-6-11-28-13-15-33-16-14-28/h2-5,7-10H,6,11-16H2,1H3/t26-/m0/s1. The van der Waals surface area contributed by atoms with Crippen molar-refractivity contribution in [2.45, 2.75) is 12.0 Å².